The summed E-state index contributed by atoms with van der Waals surface area (Å²) >= 11 is 0. The van der Waals surface area contributed by atoms with E-state index in [1.807, 2.05) is 44.2 Å². The number of carbonyl (C=O) groups is 2. The smallest absolute Gasteiger partial charge is 0.308 e. The van der Waals surface area contributed by atoms with Crippen LogP contribution in [0.1, 0.15) is 71.8 Å². The van der Waals surface area contributed by atoms with Crippen LogP contribution in [0.2, 0.25) is 0 Å². The minimum Gasteiger partial charge on any atom is -0.462 e. The highest BCUT2D eigenvalue weighted by Crippen LogP contribution is 2.21. The summed E-state index contributed by atoms with van der Waals surface area (Å²) in [4.78, 5) is 21.1. The fourth-order valence-corrected chi connectivity index (χ4v) is 2.02. The molecule has 24 heavy (non-hydrogen) atoms. The van der Waals surface area contributed by atoms with Gasteiger partial charge in [0.15, 0.2) is 0 Å². The highest BCUT2D eigenvalue weighted by atomic mass is 16.5. The van der Waals surface area contributed by atoms with Crippen LogP contribution in [-0.2, 0) is 20.7 Å². The predicted octanol–water partition coefficient (Wildman–Crippen LogP) is 5.36. The Labute approximate surface area is 147 Å². The summed E-state index contributed by atoms with van der Waals surface area (Å²) in [6.45, 7) is 8.11. The molecule has 0 heterocycles. The maximum absolute atomic E-state index is 11.1. The predicted molar refractivity (Wildman–Crippen MR) is 100.0 cm³/mol. The average Bonchev–Trinajstić information content (AvgIpc) is 3.10. The van der Waals surface area contributed by atoms with Crippen LogP contribution in [0, 0.1) is 5.92 Å². The molecule has 0 N–H and O–H groups in total. The molecule has 1 fully saturated rings. The number of benzene rings is 1. The monoisotopic (exact) mass is 334 g/mol. The Morgan fingerprint density at radius 3 is 2.08 bits per heavy atom. The average molecular weight is 334 g/mol. The van der Waals surface area contributed by atoms with Gasteiger partial charge in [-0.05, 0) is 31.2 Å². The van der Waals surface area contributed by atoms with E-state index in [-0.39, 0.29) is 18.0 Å². The van der Waals surface area contributed by atoms with Crippen molar-refractivity contribution in [2.75, 3.05) is 0 Å². The lowest BCUT2D eigenvalue weighted by molar-refractivity contribution is -0.152. The van der Waals surface area contributed by atoms with Crippen molar-refractivity contribution in [3.8, 4) is 0 Å². The number of hydrogen-bond acceptors (Lipinski definition) is 3. The number of hydrogen-bond donors (Lipinski definition) is 0. The van der Waals surface area contributed by atoms with E-state index < -0.39 is 0 Å². The number of esters is 1. The number of ether oxygens (including phenoxy) is 1. The van der Waals surface area contributed by atoms with Crippen molar-refractivity contribution in [2.24, 2.45) is 5.92 Å². The first-order chi connectivity index (χ1) is 11.5. The van der Waals surface area contributed by atoms with Crippen LogP contribution in [0.4, 0.5) is 0 Å². The van der Waals surface area contributed by atoms with E-state index >= 15 is 0 Å². The quantitative estimate of drug-likeness (QED) is 0.537. The molecule has 1 aliphatic carbocycles. The molecule has 0 atom stereocenters. The van der Waals surface area contributed by atoms with Crippen molar-refractivity contribution in [3.63, 3.8) is 0 Å². The van der Waals surface area contributed by atoms with E-state index in [2.05, 4.69) is 13.8 Å². The Morgan fingerprint density at radius 2 is 1.67 bits per heavy atom. The van der Waals surface area contributed by atoms with Crippen molar-refractivity contribution in [3.05, 3.63) is 35.9 Å². The second-order valence-corrected chi connectivity index (χ2v) is 6.35. The standard InChI is InChI=1S/C9H16O2.C8H8O.C4H10/c1-7(2)9(10)11-8-5-3-4-6-8;9-7-6-8-4-2-1-3-5-8;1-3-4-2/h7-8H,3-6H2,1-2H3;1-5,7H,6H2;3-4H2,1-2H3. The van der Waals surface area contributed by atoms with Gasteiger partial charge in [0.25, 0.3) is 0 Å². The molecule has 0 spiro atoms. The molecule has 0 bridgehead atoms. The molecule has 1 aromatic rings. The topological polar surface area (TPSA) is 43.4 Å². The van der Waals surface area contributed by atoms with Gasteiger partial charge in [0.05, 0.1) is 5.92 Å². The van der Waals surface area contributed by atoms with Gasteiger partial charge < -0.3 is 9.53 Å². The first-order valence-electron chi connectivity index (χ1n) is 9.23. The highest BCUT2D eigenvalue weighted by molar-refractivity contribution is 5.71. The second kappa shape index (κ2) is 14.9. The fraction of sp³-hybridized carbons (Fsp3) is 0.619. The lowest BCUT2D eigenvalue weighted by Gasteiger charge is -2.12. The van der Waals surface area contributed by atoms with Crippen LogP contribution >= 0.6 is 0 Å². The Kier molecular flexibility index (Phi) is 13.9. The molecule has 1 aliphatic rings. The Hall–Kier alpha value is -1.64. The molecule has 1 aromatic carbocycles. The number of carbonyl (C=O) groups excluding carboxylic acids is 2. The van der Waals surface area contributed by atoms with Crippen LogP contribution in [0.15, 0.2) is 30.3 Å². The third-order valence-electron chi connectivity index (χ3n) is 3.72. The van der Waals surface area contributed by atoms with Crippen molar-refractivity contribution >= 4 is 12.3 Å². The molecule has 0 unspecified atom stereocenters. The van der Waals surface area contributed by atoms with Crippen molar-refractivity contribution in [1.29, 1.82) is 0 Å². The van der Waals surface area contributed by atoms with Gasteiger partial charge in [0, 0.05) is 6.42 Å². The lowest BCUT2D eigenvalue weighted by atomic mass is 10.2. The number of rotatable bonds is 5. The summed E-state index contributed by atoms with van der Waals surface area (Å²) in [5.41, 5.74) is 1.08. The van der Waals surface area contributed by atoms with E-state index in [1.165, 1.54) is 25.7 Å². The van der Waals surface area contributed by atoms with Crippen molar-refractivity contribution in [2.45, 2.75) is 78.7 Å². The SMILES string of the molecule is CC(C)C(=O)OC1CCCC1.CCCC.O=CCc1ccccc1. The van der Waals surface area contributed by atoms with Crippen LogP contribution in [0.25, 0.3) is 0 Å². The fourth-order valence-electron chi connectivity index (χ4n) is 2.02. The summed E-state index contributed by atoms with van der Waals surface area (Å²) < 4.78 is 5.23. The van der Waals surface area contributed by atoms with Gasteiger partial charge in [-0.25, -0.2) is 0 Å². The molecule has 3 nitrogen and oxygen atoms in total. The largest absolute Gasteiger partial charge is 0.462 e. The minimum atomic E-state index is -0.0445. The summed E-state index contributed by atoms with van der Waals surface area (Å²) in [6.07, 6.45) is 8.88. The van der Waals surface area contributed by atoms with Gasteiger partial charge in [-0.1, -0.05) is 70.9 Å². The third-order valence-corrected chi connectivity index (χ3v) is 3.72. The Balaban J connectivity index is 0.000000367. The van der Waals surface area contributed by atoms with Crippen LogP contribution in [-0.4, -0.2) is 18.4 Å². The zero-order valence-corrected chi connectivity index (χ0v) is 15.8. The molecule has 3 heteroatoms. The maximum Gasteiger partial charge on any atom is 0.308 e. The third kappa shape index (κ3) is 11.9. The van der Waals surface area contributed by atoms with Crippen LogP contribution in [0.5, 0.6) is 0 Å². The second-order valence-electron chi connectivity index (χ2n) is 6.35. The van der Waals surface area contributed by atoms with E-state index in [0.29, 0.717) is 6.42 Å². The minimum absolute atomic E-state index is 0.0237. The zero-order valence-electron chi connectivity index (χ0n) is 15.8. The number of unbranched alkanes of at least 4 members (excludes halogenated alkanes) is 1. The zero-order chi connectivity index (χ0) is 18.2. The van der Waals surface area contributed by atoms with Gasteiger partial charge in [0.1, 0.15) is 12.4 Å². The van der Waals surface area contributed by atoms with Gasteiger partial charge in [0.2, 0.25) is 0 Å². The molecule has 1 saturated carbocycles. The molecule has 2 rings (SSSR count). The summed E-state index contributed by atoms with van der Waals surface area (Å²) in [5.74, 6) is -0.0208. The normalized spacial score (nSPS) is 13.4. The molecule has 136 valence electrons. The molecule has 0 radical (unpaired) electrons. The van der Waals surface area contributed by atoms with E-state index in [4.69, 9.17) is 4.74 Å². The molecular weight excluding hydrogens is 300 g/mol. The molecule has 0 amide bonds. The molecular formula is C21H34O3. The number of aldehydes is 1. The Bertz CT molecular complexity index is 418. The first-order valence-corrected chi connectivity index (χ1v) is 9.23. The van der Waals surface area contributed by atoms with Crippen LogP contribution < -0.4 is 0 Å². The molecule has 0 saturated heterocycles. The summed E-state index contributed by atoms with van der Waals surface area (Å²) in [6, 6.07) is 9.68. The Morgan fingerprint density at radius 1 is 1.12 bits per heavy atom. The highest BCUT2D eigenvalue weighted by Gasteiger charge is 2.20. The van der Waals surface area contributed by atoms with Crippen molar-refractivity contribution in [1.82, 2.24) is 0 Å². The van der Waals surface area contributed by atoms with Gasteiger partial charge in [-0.3, -0.25) is 4.79 Å². The molecule has 0 aliphatic heterocycles. The van der Waals surface area contributed by atoms with E-state index in [9.17, 15) is 9.59 Å². The first kappa shape index (κ1) is 22.4. The van der Waals surface area contributed by atoms with Gasteiger partial charge >= 0.3 is 5.97 Å². The van der Waals surface area contributed by atoms with Gasteiger partial charge in [-0.15, -0.1) is 0 Å². The van der Waals surface area contributed by atoms with Crippen molar-refractivity contribution < 1.29 is 14.3 Å². The summed E-state index contributed by atoms with van der Waals surface area (Å²) in [7, 11) is 0. The van der Waals surface area contributed by atoms with E-state index in [0.717, 1.165) is 24.7 Å². The summed E-state index contributed by atoms with van der Waals surface area (Å²) in [5, 5.41) is 0. The van der Waals surface area contributed by atoms with E-state index in [1.54, 1.807) is 0 Å². The van der Waals surface area contributed by atoms with Gasteiger partial charge in [-0.2, -0.15) is 0 Å². The lowest BCUT2D eigenvalue weighted by Crippen LogP contribution is -2.18. The van der Waals surface area contributed by atoms with Crippen LogP contribution in [0.3, 0.4) is 0 Å². The maximum atomic E-state index is 11.1. The molecule has 0 aromatic heterocycles.